The highest BCUT2D eigenvalue weighted by atomic mass is 35.5. The van der Waals surface area contributed by atoms with Crippen molar-refractivity contribution in [3.8, 4) is 28.8 Å². The summed E-state index contributed by atoms with van der Waals surface area (Å²) in [6, 6.07) is 23.7. The molecule has 0 atom stereocenters. The molecule has 0 radical (unpaired) electrons. The Labute approximate surface area is 206 Å². The van der Waals surface area contributed by atoms with Crippen LogP contribution < -0.4 is 20.5 Å². The van der Waals surface area contributed by atoms with Crippen molar-refractivity contribution in [3.05, 3.63) is 105 Å². The molecule has 1 heterocycles. The molecule has 0 saturated heterocycles. The molecule has 0 aliphatic rings. The summed E-state index contributed by atoms with van der Waals surface area (Å²) in [5.74, 6) is 1.19. The van der Waals surface area contributed by atoms with E-state index in [0.29, 0.717) is 27.6 Å². The molecule has 1 aromatic heterocycles. The average molecular weight is 486 g/mol. The molecular formula is C26H20ClN5O3. The zero-order valence-corrected chi connectivity index (χ0v) is 19.4. The number of hydrazone groups is 1. The van der Waals surface area contributed by atoms with Crippen LogP contribution in [0.1, 0.15) is 16.7 Å². The van der Waals surface area contributed by atoms with Crippen LogP contribution >= 0.6 is 11.6 Å². The van der Waals surface area contributed by atoms with Crippen LogP contribution in [-0.2, 0) is 6.61 Å². The molecule has 0 unspecified atom stereocenters. The van der Waals surface area contributed by atoms with Crippen molar-refractivity contribution in [2.75, 3.05) is 12.5 Å². The predicted octanol–water partition coefficient (Wildman–Crippen LogP) is 5.00. The van der Waals surface area contributed by atoms with E-state index >= 15 is 0 Å². The molecule has 35 heavy (non-hydrogen) atoms. The van der Waals surface area contributed by atoms with Gasteiger partial charge < -0.3 is 9.47 Å². The van der Waals surface area contributed by atoms with Gasteiger partial charge in [-0.05, 0) is 29.8 Å². The second kappa shape index (κ2) is 11.0. The summed E-state index contributed by atoms with van der Waals surface area (Å²) >= 11 is 6.21. The normalized spacial score (nSPS) is 10.7. The number of anilines is 1. The SMILES string of the molecule is COc1ccc(C=NNc2nc(-c3ccccc3)c(C#N)c(=O)[nH]2)cc1OCc1ccccc1Cl. The Morgan fingerprint density at radius 3 is 2.63 bits per heavy atom. The maximum absolute atomic E-state index is 12.4. The summed E-state index contributed by atoms with van der Waals surface area (Å²) in [5.41, 5.74) is 4.57. The average Bonchev–Trinajstić information content (AvgIpc) is 2.88. The molecule has 174 valence electrons. The van der Waals surface area contributed by atoms with Crippen molar-refractivity contribution in [2.45, 2.75) is 6.61 Å². The summed E-state index contributed by atoms with van der Waals surface area (Å²) in [5, 5.41) is 14.2. The van der Waals surface area contributed by atoms with Gasteiger partial charge in [0.05, 0.1) is 19.0 Å². The van der Waals surface area contributed by atoms with Gasteiger partial charge in [-0.15, -0.1) is 0 Å². The summed E-state index contributed by atoms with van der Waals surface area (Å²) in [6.07, 6.45) is 1.54. The standard InChI is InChI=1S/C26H20ClN5O3/c1-34-22-12-11-17(13-23(22)35-16-19-9-5-6-10-21(19)27)15-29-32-26-30-24(18-7-3-2-4-8-18)20(14-28)25(33)31-26/h2-13,15H,16H2,1H3,(H2,30,31,32,33). The van der Waals surface area contributed by atoms with Crippen LogP contribution in [0, 0.1) is 11.3 Å². The maximum Gasteiger partial charge on any atom is 0.270 e. The van der Waals surface area contributed by atoms with Gasteiger partial charge in [-0.3, -0.25) is 9.78 Å². The molecule has 0 bridgehead atoms. The number of hydrogen-bond donors (Lipinski definition) is 2. The van der Waals surface area contributed by atoms with Crippen molar-refractivity contribution in [1.82, 2.24) is 9.97 Å². The predicted molar refractivity (Wildman–Crippen MR) is 135 cm³/mol. The van der Waals surface area contributed by atoms with Crippen LogP contribution in [0.3, 0.4) is 0 Å². The molecule has 2 N–H and O–H groups in total. The van der Waals surface area contributed by atoms with Crippen molar-refractivity contribution >= 4 is 23.8 Å². The fraction of sp³-hybridized carbons (Fsp3) is 0.0769. The smallest absolute Gasteiger partial charge is 0.270 e. The van der Waals surface area contributed by atoms with Gasteiger partial charge >= 0.3 is 0 Å². The Morgan fingerprint density at radius 2 is 1.89 bits per heavy atom. The van der Waals surface area contributed by atoms with Crippen LogP contribution in [0.5, 0.6) is 11.5 Å². The zero-order chi connectivity index (χ0) is 24.6. The first-order valence-corrected chi connectivity index (χ1v) is 10.9. The molecule has 0 aliphatic heterocycles. The highest BCUT2D eigenvalue weighted by molar-refractivity contribution is 6.31. The van der Waals surface area contributed by atoms with Crippen LogP contribution in [0.4, 0.5) is 5.95 Å². The Kier molecular flexibility index (Phi) is 7.40. The topological polar surface area (TPSA) is 112 Å². The first-order valence-electron chi connectivity index (χ1n) is 10.5. The fourth-order valence-electron chi connectivity index (χ4n) is 3.26. The number of halogens is 1. The molecule has 4 rings (SSSR count). The number of benzene rings is 3. The third-order valence-corrected chi connectivity index (χ3v) is 5.36. The van der Waals surface area contributed by atoms with E-state index in [1.165, 1.54) is 0 Å². The summed E-state index contributed by atoms with van der Waals surface area (Å²) in [4.78, 5) is 19.3. The van der Waals surface area contributed by atoms with Crippen LogP contribution in [0.15, 0.2) is 82.7 Å². The molecule has 0 fully saturated rings. The van der Waals surface area contributed by atoms with E-state index in [1.54, 1.807) is 61.9 Å². The minimum Gasteiger partial charge on any atom is -0.493 e. The van der Waals surface area contributed by atoms with E-state index in [-0.39, 0.29) is 23.8 Å². The molecule has 8 nitrogen and oxygen atoms in total. The summed E-state index contributed by atoms with van der Waals surface area (Å²) in [6.45, 7) is 0.271. The van der Waals surface area contributed by atoms with E-state index in [0.717, 1.165) is 5.56 Å². The minimum absolute atomic E-state index is 0.0683. The van der Waals surface area contributed by atoms with Crippen LogP contribution in [0.2, 0.25) is 5.02 Å². The Bertz CT molecular complexity index is 1460. The quantitative estimate of drug-likeness (QED) is 0.268. The van der Waals surface area contributed by atoms with E-state index in [2.05, 4.69) is 20.5 Å². The lowest BCUT2D eigenvalue weighted by Gasteiger charge is -2.12. The first-order chi connectivity index (χ1) is 17.1. The number of H-pyrrole nitrogens is 1. The number of nitriles is 1. The maximum atomic E-state index is 12.4. The fourth-order valence-corrected chi connectivity index (χ4v) is 3.45. The number of aromatic nitrogens is 2. The third kappa shape index (κ3) is 5.66. The van der Waals surface area contributed by atoms with Gasteiger partial charge in [-0.2, -0.15) is 10.4 Å². The first kappa shape index (κ1) is 23.5. The lowest BCUT2D eigenvalue weighted by atomic mass is 10.1. The summed E-state index contributed by atoms with van der Waals surface area (Å²) in [7, 11) is 1.56. The number of methoxy groups -OCH3 is 1. The van der Waals surface area contributed by atoms with Crippen LogP contribution in [-0.4, -0.2) is 23.3 Å². The number of nitrogens with zero attached hydrogens (tertiary/aromatic N) is 3. The number of aromatic amines is 1. The number of rotatable bonds is 8. The molecule has 0 aliphatic carbocycles. The van der Waals surface area contributed by atoms with Gasteiger partial charge in [-0.25, -0.2) is 10.4 Å². The molecular weight excluding hydrogens is 466 g/mol. The van der Waals surface area contributed by atoms with Crippen molar-refractivity contribution in [2.24, 2.45) is 5.10 Å². The molecule has 3 aromatic carbocycles. The van der Waals surface area contributed by atoms with Crippen molar-refractivity contribution in [3.63, 3.8) is 0 Å². The Balaban J connectivity index is 1.53. The van der Waals surface area contributed by atoms with Crippen molar-refractivity contribution < 1.29 is 9.47 Å². The lowest BCUT2D eigenvalue weighted by Crippen LogP contribution is -2.16. The minimum atomic E-state index is -0.557. The Hall–Kier alpha value is -4.61. The molecule has 0 saturated carbocycles. The zero-order valence-electron chi connectivity index (χ0n) is 18.7. The molecule has 9 heteroatoms. The Morgan fingerprint density at radius 1 is 1.11 bits per heavy atom. The second-order valence-electron chi connectivity index (χ2n) is 7.28. The highest BCUT2D eigenvalue weighted by Gasteiger charge is 2.13. The van der Waals surface area contributed by atoms with Gasteiger partial charge in [0, 0.05) is 16.1 Å². The van der Waals surface area contributed by atoms with Gasteiger partial charge in [0.25, 0.3) is 5.56 Å². The third-order valence-electron chi connectivity index (χ3n) is 4.99. The van der Waals surface area contributed by atoms with Gasteiger partial charge in [0.1, 0.15) is 18.2 Å². The number of nitrogens with one attached hydrogen (secondary N) is 2. The molecule has 4 aromatic rings. The number of hydrogen-bond acceptors (Lipinski definition) is 7. The van der Waals surface area contributed by atoms with E-state index in [4.69, 9.17) is 21.1 Å². The monoisotopic (exact) mass is 485 g/mol. The highest BCUT2D eigenvalue weighted by Crippen LogP contribution is 2.29. The van der Waals surface area contributed by atoms with E-state index < -0.39 is 5.56 Å². The second-order valence-corrected chi connectivity index (χ2v) is 7.68. The van der Waals surface area contributed by atoms with Crippen molar-refractivity contribution in [1.29, 1.82) is 5.26 Å². The largest absolute Gasteiger partial charge is 0.493 e. The lowest BCUT2D eigenvalue weighted by molar-refractivity contribution is 0.284. The van der Waals surface area contributed by atoms with Gasteiger partial charge in [0.2, 0.25) is 5.95 Å². The van der Waals surface area contributed by atoms with Crippen LogP contribution in [0.25, 0.3) is 11.3 Å². The molecule has 0 spiro atoms. The van der Waals surface area contributed by atoms with E-state index in [1.807, 2.05) is 30.3 Å². The van der Waals surface area contributed by atoms with E-state index in [9.17, 15) is 10.1 Å². The molecule has 0 amide bonds. The van der Waals surface area contributed by atoms with Gasteiger partial charge in [0.15, 0.2) is 11.5 Å². The number of ether oxygens (including phenoxy) is 2. The van der Waals surface area contributed by atoms with Gasteiger partial charge in [-0.1, -0.05) is 60.1 Å². The summed E-state index contributed by atoms with van der Waals surface area (Å²) < 4.78 is 11.3.